The molecule has 0 aliphatic carbocycles. The Hall–Kier alpha value is -2.76. The van der Waals surface area contributed by atoms with Crippen LogP contribution in [0.1, 0.15) is 22.3 Å². The molecule has 0 spiro atoms. The van der Waals surface area contributed by atoms with Gasteiger partial charge < -0.3 is 5.32 Å². The summed E-state index contributed by atoms with van der Waals surface area (Å²) in [5.74, 6) is 0.925. The van der Waals surface area contributed by atoms with E-state index in [0.29, 0.717) is 5.56 Å². The summed E-state index contributed by atoms with van der Waals surface area (Å²) in [5, 5.41) is 8.10. The minimum absolute atomic E-state index is 0.648. The van der Waals surface area contributed by atoms with E-state index in [0.717, 1.165) is 53.4 Å². The van der Waals surface area contributed by atoms with E-state index in [9.17, 15) is 13.2 Å². The predicted octanol–water partition coefficient (Wildman–Crippen LogP) is 5.14. The van der Waals surface area contributed by atoms with Crippen molar-refractivity contribution in [3.05, 3.63) is 64.7 Å². The van der Waals surface area contributed by atoms with Gasteiger partial charge in [-0.3, -0.25) is 0 Å². The van der Waals surface area contributed by atoms with Crippen LogP contribution in [0, 0.1) is 13.8 Å². The number of anilines is 1. The highest BCUT2D eigenvalue weighted by Crippen LogP contribution is 2.37. The van der Waals surface area contributed by atoms with Crippen LogP contribution in [-0.2, 0) is 12.6 Å². The van der Waals surface area contributed by atoms with Gasteiger partial charge in [-0.1, -0.05) is 24.3 Å². The number of aryl methyl sites for hydroxylation is 1. The van der Waals surface area contributed by atoms with E-state index in [1.54, 1.807) is 0 Å². The third kappa shape index (κ3) is 2.66. The first kappa shape index (κ1) is 16.7. The van der Waals surface area contributed by atoms with Gasteiger partial charge >= 0.3 is 6.18 Å². The first-order valence-electron chi connectivity index (χ1n) is 8.46. The van der Waals surface area contributed by atoms with Crippen molar-refractivity contribution >= 4 is 5.82 Å². The normalized spacial score (nSPS) is 13.6. The van der Waals surface area contributed by atoms with E-state index in [4.69, 9.17) is 5.10 Å². The number of nitrogens with one attached hydrogen (secondary N) is 1. The molecule has 26 heavy (non-hydrogen) atoms. The first-order chi connectivity index (χ1) is 12.4. The topological polar surface area (TPSA) is 29.9 Å². The Morgan fingerprint density at radius 2 is 1.77 bits per heavy atom. The van der Waals surface area contributed by atoms with Gasteiger partial charge in [-0.15, -0.1) is 0 Å². The van der Waals surface area contributed by atoms with Crippen molar-refractivity contribution in [2.75, 3.05) is 11.9 Å². The lowest BCUT2D eigenvalue weighted by Crippen LogP contribution is -2.06. The quantitative estimate of drug-likeness (QED) is 0.688. The molecule has 0 bridgehead atoms. The predicted molar refractivity (Wildman–Crippen MR) is 95.7 cm³/mol. The number of fused-ring (bicyclic) bond motifs is 1. The van der Waals surface area contributed by atoms with Crippen molar-refractivity contribution in [2.45, 2.75) is 26.4 Å². The van der Waals surface area contributed by atoms with E-state index >= 15 is 0 Å². The van der Waals surface area contributed by atoms with Gasteiger partial charge in [0.2, 0.25) is 0 Å². The van der Waals surface area contributed by atoms with Crippen molar-refractivity contribution in [2.24, 2.45) is 0 Å². The average molecular weight is 357 g/mol. The van der Waals surface area contributed by atoms with E-state index in [-0.39, 0.29) is 0 Å². The molecule has 0 fully saturated rings. The molecule has 1 aliphatic heterocycles. The van der Waals surface area contributed by atoms with Gasteiger partial charge in [0.1, 0.15) is 5.82 Å². The Morgan fingerprint density at radius 1 is 1.04 bits per heavy atom. The maximum absolute atomic E-state index is 12.8. The molecule has 0 saturated carbocycles. The second-order valence-electron chi connectivity index (χ2n) is 6.56. The average Bonchev–Trinajstić information content (AvgIpc) is 3.19. The summed E-state index contributed by atoms with van der Waals surface area (Å²) in [5.41, 5.74) is 5.11. The van der Waals surface area contributed by atoms with Crippen molar-refractivity contribution in [3.8, 4) is 16.9 Å². The van der Waals surface area contributed by atoms with Crippen LogP contribution in [0.15, 0.2) is 42.5 Å². The second-order valence-corrected chi connectivity index (χ2v) is 6.56. The zero-order valence-corrected chi connectivity index (χ0v) is 14.5. The van der Waals surface area contributed by atoms with Gasteiger partial charge in [-0.05, 0) is 49.6 Å². The number of aromatic nitrogens is 2. The molecule has 0 atom stereocenters. The van der Waals surface area contributed by atoms with Crippen molar-refractivity contribution in [1.29, 1.82) is 0 Å². The highest BCUT2D eigenvalue weighted by atomic mass is 19.4. The van der Waals surface area contributed by atoms with E-state index in [2.05, 4.69) is 5.32 Å². The van der Waals surface area contributed by atoms with Crippen LogP contribution in [0.25, 0.3) is 16.9 Å². The SMILES string of the molecule is Cc1cccc(-n2nc(-c3ccc(C(F)(F)F)cc3)c3c2NCC3)c1C. The lowest BCUT2D eigenvalue weighted by molar-refractivity contribution is -0.137. The fourth-order valence-electron chi connectivity index (χ4n) is 3.36. The van der Waals surface area contributed by atoms with E-state index in [1.165, 1.54) is 17.7 Å². The molecule has 134 valence electrons. The lowest BCUT2D eigenvalue weighted by Gasteiger charge is -2.11. The Balaban J connectivity index is 1.83. The zero-order valence-electron chi connectivity index (χ0n) is 14.5. The maximum atomic E-state index is 12.8. The van der Waals surface area contributed by atoms with Crippen LogP contribution in [0.5, 0.6) is 0 Å². The minimum Gasteiger partial charge on any atom is -0.369 e. The molecule has 0 amide bonds. The van der Waals surface area contributed by atoms with Crippen LogP contribution in [0.4, 0.5) is 19.0 Å². The molecule has 0 radical (unpaired) electrons. The fourth-order valence-corrected chi connectivity index (χ4v) is 3.36. The number of benzene rings is 2. The third-order valence-electron chi connectivity index (χ3n) is 4.94. The van der Waals surface area contributed by atoms with Crippen molar-refractivity contribution in [1.82, 2.24) is 9.78 Å². The lowest BCUT2D eigenvalue weighted by atomic mass is 10.0. The summed E-state index contributed by atoms with van der Waals surface area (Å²) >= 11 is 0. The van der Waals surface area contributed by atoms with Crippen LogP contribution < -0.4 is 5.32 Å². The standard InChI is InChI=1S/C20H18F3N3/c1-12-4-3-5-17(13(12)2)26-19-16(10-11-24-19)18(25-26)14-6-8-15(9-7-14)20(21,22)23/h3-9,24H,10-11H2,1-2H3. The molecule has 1 aliphatic rings. The molecule has 3 aromatic rings. The number of rotatable bonds is 2. The molecule has 1 aromatic heterocycles. The summed E-state index contributed by atoms with van der Waals surface area (Å²) in [7, 11) is 0. The summed E-state index contributed by atoms with van der Waals surface area (Å²) in [6, 6.07) is 11.3. The summed E-state index contributed by atoms with van der Waals surface area (Å²) < 4.78 is 40.3. The van der Waals surface area contributed by atoms with Crippen molar-refractivity contribution < 1.29 is 13.2 Å². The van der Waals surface area contributed by atoms with Gasteiger partial charge in [0.05, 0.1) is 16.9 Å². The molecule has 0 unspecified atom stereocenters. The number of hydrogen-bond donors (Lipinski definition) is 1. The fraction of sp³-hybridized carbons (Fsp3) is 0.250. The van der Waals surface area contributed by atoms with Gasteiger partial charge in [0.15, 0.2) is 0 Å². The molecule has 4 rings (SSSR count). The zero-order chi connectivity index (χ0) is 18.5. The van der Waals surface area contributed by atoms with Gasteiger partial charge in [-0.25, -0.2) is 4.68 Å². The van der Waals surface area contributed by atoms with Crippen molar-refractivity contribution in [3.63, 3.8) is 0 Å². The maximum Gasteiger partial charge on any atom is 0.416 e. The summed E-state index contributed by atoms with van der Waals surface area (Å²) in [4.78, 5) is 0. The molecule has 2 aromatic carbocycles. The van der Waals surface area contributed by atoms with Gasteiger partial charge in [0, 0.05) is 17.7 Å². The Kier molecular flexibility index (Phi) is 3.79. The number of hydrogen-bond acceptors (Lipinski definition) is 2. The van der Waals surface area contributed by atoms with Gasteiger partial charge in [0.25, 0.3) is 0 Å². The first-order valence-corrected chi connectivity index (χ1v) is 8.46. The summed E-state index contributed by atoms with van der Waals surface area (Å²) in [6.07, 6.45) is -3.53. The molecule has 1 N–H and O–H groups in total. The molecular weight excluding hydrogens is 339 g/mol. The second kappa shape index (κ2) is 5.90. The molecule has 3 nitrogen and oxygen atoms in total. The number of alkyl halides is 3. The monoisotopic (exact) mass is 357 g/mol. The Labute approximate surface area is 149 Å². The molecule has 2 heterocycles. The van der Waals surface area contributed by atoms with Crippen LogP contribution >= 0.6 is 0 Å². The Bertz CT molecular complexity index is 969. The van der Waals surface area contributed by atoms with Crippen LogP contribution in [0.2, 0.25) is 0 Å². The van der Waals surface area contributed by atoms with Gasteiger partial charge in [-0.2, -0.15) is 18.3 Å². The highest BCUT2D eigenvalue weighted by Gasteiger charge is 2.31. The largest absolute Gasteiger partial charge is 0.416 e. The molecule has 0 saturated heterocycles. The number of nitrogens with zero attached hydrogens (tertiary/aromatic N) is 2. The number of halogens is 3. The molecule has 6 heteroatoms. The van der Waals surface area contributed by atoms with E-state index in [1.807, 2.05) is 36.7 Å². The molecular formula is C20H18F3N3. The minimum atomic E-state index is -4.33. The highest BCUT2D eigenvalue weighted by molar-refractivity contribution is 5.73. The third-order valence-corrected chi connectivity index (χ3v) is 4.94. The smallest absolute Gasteiger partial charge is 0.369 e. The van der Waals surface area contributed by atoms with Crippen LogP contribution in [-0.4, -0.2) is 16.3 Å². The van der Waals surface area contributed by atoms with E-state index < -0.39 is 11.7 Å². The Morgan fingerprint density at radius 3 is 2.46 bits per heavy atom. The van der Waals surface area contributed by atoms with Crippen LogP contribution in [0.3, 0.4) is 0 Å². The summed E-state index contributed by atoms with van der Waals surface area (Å²) in [6.45, 7) is 4.89.